The van der Waals surface area contributed by atoms with E-state index in [0.29, 0.717) is 29.0 Å². The van der Waals surface area contributed by atoms with Crippen molar-refractivity contribution in [2.24, 2.45) is 0 Å². The largest absolute Gasteiger partial charge is 0.493 e. The maximum absolute atomic E-state index is 12.3. The number of methoxy groups -OCH3 is 1. The van der Waals surface area contributed by atoms with Crippen molar-refractivity contribution >= 4 is 45.9 Å². The third kappa shape index (κ3) is 5.88. The summed E-state index contributed by atoms with van der Waals surface area (Å²) in [6.45, 7) is 4.95. The van der Waals surface area contributed by atoms with E-state index in [-0.39, 0.29) is 18.3 Å². The maximum atomic E-state index is 12.3. The molecule has 0 aliphatic carbocycles. The first kappa shape index (κ1) is 22.4. The van der Waals surface area contributed by atoms with Crippen LogP contribution in [0, 0.1) is 10.5 Å². The van der Waals surface area contributed by atoms with E-state index in [4.69, 9.17) is 9.47 Å². The fourth-order valence-corrected chi connectivity index (χ4v) is 3.93. The van der Waals surface area contributed by atoms with Crippen LogP contribution in [0.3, 0.4) is 0 Å². The maximum Gasteiger partial charge on any atom is 0.234 e. The van der Waals surface area contributed by atoms with Crippen LogP contribution >= 0.6 is 34.4 Å². The number of carbonyl (C=O) groups is 1. The van der Waals surface area contributed by atoms with Crippen LogP contribution in [0.5, 0.6) is 11.5 Å². The van der Waals surface area contributed by atoms with E-state index in [1.165, 1.54) is 11.8 Å². The van der Waals surface area contributed by atoms with Crippen LogP contribution in [-0.2, 0) is 17.9 Å². The molecule has 9 heteroatoms. The first-order chi connectivity index (χ1) is 14.5. The number of ether oxygens (including phenoxy) is 2. The van der Waals surface area contributed by atoms with Crippen LogP contribution < -0.4 is 14.8 Å². The summed E-state index contributed by atoms with van der Waals surface area (Å²) in [6, 6.07) is 13.4. The highest BCUT2D eigenvalue weighted by Crippen LogP contribution is 2.28. The van der Waals surface area contributed by atoms with Crippen molar-refractivity contribution < 1.29 is 14.3 Å². The molecule has 0 aliphatic rings. The predicted molar refractivity (Wildman–Crippen MR) is 126 cm³/mol. The monoisotopic (exact) mass is 538 g/mol. The number of halogens is 1. The Kier molecular flexibility index (Phi) is 7.97. The van der Waals surface area contributed by atoms with Gasteiger partial charge in [-0.05, 0) is 78.4 Å². The van der Waals surface area contributed by atoms with E-state index in [9.17, 15) is 4.79 Å². The molecule has 0 radical (unpaired) electrons. The zero-order chi connectivity index (χ0) is 21.5. The number of thioether (sulfide) groups is 1. The Morgan fingerprint density at radius 3 is 2.63 bits per heavy atom. The zero-order valence-corrected chi connectivity index (χ0v) is 20.0. The zero-order valence-electron chi connectivity index (χ0n) is 17.0. The van der Waals surface area contributed by atoms with Gasteiger partial charge in [-0.1, -0.05) is 17.8 Å². The lowest BCUT2D eigenvalue weighted by atomic mass is 10.2. The lowest BCUT2D eigenvalue weighted by Crippen LogP contribution is -2.15. The number of rotatable bonds is 9. The molecule has 1 heterocycles. The molecule has 0 saturated carbocycles. The Morgan fingerprint density at radius 1 is 1.17 bits per heavy atom. The standard InChI is InChI=1S/C21H23IN4O3S/c1-4-26-19(12-29-17-10-5-14(2)11-18(17)28-3)24-25-21(26)30-13-20(27)23-16-8-6-15(22)7-9-16/h5-11H,4,12-13H2,1-3H3,(H,23,27). The number of aryl methyl sites for hydroxylation is 1. The van der Waals surface area contributed by atoms with Gasteiger partial charge in [-0.3, -0.25) is 4.79 Å². The smallest absolute Gasteiger partial charge is 0.234 e. The summed E-state index contributed by atoms with van der Waals surface area (Å²) in [5, 5.41) is 12.0. The fraction of sp³-hybridized carbons (Fsp3) is 0.286. The Hall–Kier alpha value is -2.27. The van der Waals surface area contributed by atoms with Crippen LogP contribution in [0.1, 0.15) is 18.3 Å². The quantitative estimate of drug-likeness (QED) is 0.319. The van der Waals surface area contributed by atoms with Crippen LogP contribution in [0.25, 0.3) is 0 Å². The lowest BCUT2D eigenvalue weighted by molar-refractivity contribution is -0.113. The van der Waals surface area contributed by atoms with Crippen LogP contribution in [0.2, 0.25) is 0 Å². The summed E-state index contributed by atoms with van der Waals surface area (Å²) < 4.78 is 14.3. The first-order valence-corrected chi connectivity index (χ1v) is 11.4. The first-order valence-electron chi connectivity index (χ1n) is 9.38. The third-order valence-electron chi connectivity index (χ3n) is 4.25. The summed E-state index contributed by atoms with van der Waals surface area (Å²) in [7, 11) is 1.62. The van der Waals surface area contributed by atoms with E-state index in [1.54, 1.807) is 7.11 Å². The van der Waals surface area contributed by atoms with Gasteiger partial charge in [0.05, 0.1) is 12.9 Å². The van der Waals surface area contributed by atoms with E-state index in [2.05, 4.69) is 38.1 Å². The van der Waals surface area contributed by atoms with Gasteiger partial charge >= 0.3 is 0 Å². The number of hydrogen-bond acceptors (Lipinski definition) is 6. The van der Waals surface area contributed by atoms with Gasteiger partial charge in [0.1, 0.15) is 6.61 Å². The van der Waals surface area contributed by atoms with Gasteiger partial charge < -0.3 is 19.4 Å². The van der Waals surface area contributed by atoms with Crippen molar-refractivity contribution in [3.05, 3.63) is 57.4 Å². The number of anilines is 1. The second kappa shape index (κ2) is 10.7. The summed E-state index contributed by atoms with van der Waals surface area (Å²) in [4.78, 5) is 12.3. The Labute approximate surface area is 193 Å². The molecule has 3 rings (SSSR count). The third-order valence-corrected chi connectivity index (χ3v) is 5.93. The average Bonchev–Trinajstić information content (AvgIpc) is 3.14. The van der Waals surface area contributed by atoms with E-state index < -0.39 is 0 Å². The summed E-state index contributed by atoms with van der Waals surface area (Å²) in [6.07, 6.45) is 0. The number of aromatic nitrogens is 3. The van der Waals surface area contributed by atoms with Gasteiger partial charge in [0.2, 0.25) is 5.91 Å². The minimum Gasteiger partial charge on any atom is -0.493 e. The van der Waals surface area contributed by atoms with Crippen LogP contribution in [0.4, 0.5) is 5.69 Å². The Balaban J connectivity index is 1.60. The molecule has 3 aromatic rings. The van der Waals surface area contributed by atoms with Crippen molar-refractivity contribution in [2.45, 2.75) is 32.2 Å². The second-order valence-corrected chi connectivity index (χ2v) is 8.62. The van der Waals surface area contributed by atoms with Gasteiger partial charge in [0, 0.05) is 15.8 Å². The molecule has 0 spiro atoms. The second-order valence-electron chi connectivity index (χ2n) is 6.43. The highest BCUT2D eigenvalue weighted by atomic mass is 127. The molecule has 30 heavy (non-hydrogen) atoms. The van der Waals surface area contributed by atoms with E-state index >= 15 is 0 Å². The SMILES string of the molecule is CCn1c(COc2ccc(C)cc2OC)nnc1SCC(=O)Nc1ccc(I)cc1. The van der Waals surface area contributed by atoms with Gasteiger partial charge in [-0.15, -0.1) is 10.2 Å². The van der Waals surface area contributed by atoms with Gasteiger partial charge in [0.15, 0.2) is 22.5 Å². The number of hydrogen-bond donors (Lipinski definition) is 1. The molecule has 0 saturated heterocycles. The van der Waals surface area contributed by atoms with Crippen molar-refractivity contribution in [1.82, 2.24) is 14.8 Å². The van der Waals surface area contributed by atoms with E-state index in [1.807, 2.05) is 60.9 Å². The van der Waals surface area contributed by atoms with Crippen molar-refractivity contribution in [3.8, 4) is 11.5 Å². The molecule has 7 nitrogen and oxygen atoms in total. The number of nitrogens with one attached hydrogen (secondary N) is 1. The number of nitrogens with zero attached hydrogens (tertiary/aromatic N) is 3. The molecule has 158 valence electrons. The van der Waals surface area contributed by atoms with Gasteiger partial charge in [-0.2, -0.15) is 0 Å². The molecule has 0 fully saturated rings. The minimum atomic E-state index is -0.0888. The summed E-state index contributed by atoms with van der Waals surface area (Å²) in [5.41, 5.74) is 1.87. The molecular weight excluding hydrogens is 515 g/mol. The molecule has 0 unspecified atom stereocenters. The normalized spacial score (nSPS) is 10.7. The molecule has 0 atom stereocenters. The van der Waals surface area contributed by atoms with Crippen LogP contribution in [-0.4, -0.2) is 33.5 Å². The molecule has 2 aromatic carbocycles. The topological polar surface area (TPSA) is 78.3 Å². The molecular formula is C21H23IN4O3S. The fourth-order valence-electron chi connectivity index (χ4n) is 2.75. The lowest BCUT2D eigenvalue weighted by Gasteiger charge is -2.12. The van der Waals surface area contributed by atoms with Crippen molar-refractivity contribution in [2.75, 3.05) is 18.2 Å². The molecule has 0 aliphatic heterocycles. The summed E-state index contributed by atoms with van der Waals surface area (Å²) >= 11 is 3.58. The number of carbonyl (C=O) groups excluding carboxylic acids is 1. The van der Waals surface area contributed by atoms with Gasteiger partial charge in [-0.25, -0.2) is 0 Å². The predicted octanol–water partition coefficient (Wildman–Crippen LogP) is 4.53. The van der Waals surface area contributed by atoms with Crippen LogP contribution in [0.15, 0.2) is 47.6 Å². The average molecular weight is 538 g/mol. The van der Waals surface area contributed by atoms with E-state index in [0.717, 1.165) is 14.8 Å². The highest BCUT2D eigenvalue weighted by molar-refractivity contribution is 14.1. The van der Waals surface area contributed by atoms with Gasteiger partial charge in [0.25, 0.3) is 0 Å². The number of amides is 1. The molecule has 1 N–H and O–H groups in total. The van der Waals surface area contributed by atoms with Crippen molar-refractivity contribution in [3.63, 3.8) is 0 Å². The van der Waals surface area contributed by atoms with Crippen molar-refractivity contribution in [1.29, 1.82) is 0 Å². The summed E-state index contributed by atoms with van der Waals surface area (Å²) in [5.74, 6) is 2.19. The number of benzene rings is 2. The minimum absolute atomic E-state index is 0.0888. The highest BCUT2D eigenvalue weighted by Gasteiger charge is 2.15. The Bertz CT molecular complexity index is 1010. The molecule has 0 bridgehead atoms. The Morgan fingerprint density at radius 2 is 1.93 bits per heavy atom. The molecule has 1 amide bonds. The molecule has 1 aromatic heterocycles.